The van der Waals surface area contributed by atoms with Gasteiger partial charge in [-0.1, -0.05) is 24.3 Å². The number of nitrogens with zero attached hydrogens (tertiary/aromatic N) is 1. The summed E-state index contributed by atoms with van der Waals surface area (Å²) in [6.07, 6.45) is 4.58. The van der Waals surface area contributed by atoms with Crippen molar-refractivity contribution in [2.75, 3.05) is 6.54 Å². The second-order valence-electron chi connectivity index (χ2n) is 4.36. The summed E-state index contributed by atoms with van der Waals surface area (Å²) in [6, 6.07) is 8.90. The van der Waals surface area contributed by atoms with Gasteiger partial charge in [0.1, 0.15) is 0 Å². The Labute approximate surface area is 102 Å². The molecule has 1 unspecified atom stereocenters. The number of hydrogen-bond donors (Lipinski definition) is 2. The van der Waals surface area contributed by atoms with Crippen LogP contribution in [0.25, 0.3) is 0 Å². The second kappa shape index (κ2) is 5.64. The van der Waals surface area contributed by atoms with Crippen LogP contribution in [0.1, 0.15) is 29.8 Å². The molecule has 1 atom stereocenters. The van der Waals surface area contributed by atoms with Gasteiger partial charge in [0.05, 0.1) is 6.33 Å². The van der Waals surface area contributed by atoms with E-state index in [2.05, 4.69) is 53.4 Å². The fraction of sp³-hybridized carbons (Fsp3) is 0.357. The van der Waals surface area contributed by atoms with Crippen LogP contribution in [-0.2, 0) is 6.42 Å². The molecule has 3 nitrogen and oxygen atoms in total. The van der Waals surface area contributed by atoms with E-state index in [0.717, 1.165) is 13.0 Å². The van der Waals surface area contributed by atoms with Gasteiger partial charge in [0.25, 0.3) is 0 Å². The Morgan fingerprint density at radius 2 is 2.18 bits per heavy atom. The highest BCUT2D eigenvalue weighted by atomic mass is 14.9. The summed E-state index contributed by atoms with van der Waals surface area (Å²) in [6.45, 7) is 5.31. The van der Waals surface area contributed by atoms with Crippen molar-refractivity contribution in [2.24, 2.45) is 0 Å². The second-order valence-corrected chi connectivity index (χ2v) is 4.36. The minimum atomic E-state index is 0.388. The molecule has 1 heterocycles. The van der Waals surface area contributed by atoms with Crippen LogP contribution in [0.5, 0.6) is 0 Å². The molecule has 0 aliphatic heterocycles. The van der Waals surface area contributed by atoms with Gasteiger partial charge in [0.15, 0.2) is 0 Å². The van der Waals surface area contributed by atoms with Crippen LogP contribution in [0.2, 0.25) is 0 Å². The Bertz CT molecular complexity index is 448. The number of rotatable bonds is 5. The lowest BCUT2D eigenvalue weighted by Gasteiger charge is -2.16. The molecule has 2 rings (SSSR count). The summed E-state index contributed by atoms with van der Waals surface area (Å²) in [7, 11) is 0. The fourth-order valence-electron chi connectivity index (χ4n) is 2.03. The normalized spacial score (nSPS) is 12.6. The van der Waals surface area contributed by atoms with Crippen LogP contribution >= 0.6 is 0 Å². The molecule has 0 saturated heterocycles. The van der Waals surface area contributed by atoms with Crippen LogP contribution in [-0.4, -0.2) is 16.5 Å². The minimum absolute atomic E-state index is 0.388. The molecule has 1 aromatic heterocycles. The van der Waals surface area contributed by atoms with E-state index in [0.29, 0.717) is 6.04 Å². The van der Waals surface area contributed by atoms with Gasteiger partial charge in [-0.05, 0) is 25.0 Å². The third-order valence-corrected chi connectivity index (χ3v) is 3.05. The topological polar surface area (TPSA) is 40.7 Å². The van der Waals surface area contributed by atoms with Crippen molar-refractivity contribution < 1.29 is 0 Å². The van der Waals surface area contributed by atoms with Gasteiger partial charge >= 0.3 is 0 Å². The van der Waals surface area contributed by atoms with Crippen molar-refractivity contribution in [3.63, 3.8) is 0 Å². The number of H-pyrrole nitrogens is 1. The predicted molar refractivity (Wildman–Crippen MR) is 69.9 cm³/mol. The van der Waals surface area contributed by atoms with Gasteiger partial charge in [0.2, 0.25) is 0 Å². The summed E-state index contributed by atoms with van der Waals surface area (Å²) in [4.78, 5) is 7.12. The van der Waals surface area contributed by atoms with Crippen molar-refractivity contribution in [1.29, 1.82) is 0 Å². The highest BCUT2D eigenvalue weighted by molar-refractivity contribution is 5.28. The standard InChI is InChI=1S/C14H19N3/c1-11-5-3-4-6-14(11)12(2)16-8-7-13-9-15-10-17-13/h3-6,9-10,12,16H,7-8H2,1-2H3,(H,15,17). The van der Waals surface area contributed by atoms with Crippen LogP contribution in [0.15, 0.2) is 36.8 Å². The number of benzene rings is 1. The highest BCUT2D eigenvalue weighted by Crippen LogP contribution is 2.16. The Balaban J connectivity index is 1.85. The monoisotopic (exact) mass is 229 g/mol. The number of imidazole rings is 1. The van der Waals surface area contributed by atoms with Gasteiger partial charge in [-0.25, -0.2) is 4.98 Å². The molecule has 17 heavy (non-hydrogen) atoms. The third-order valence-electron chi connectivity index (χ3n) is 3.05. The minimum Gasteiger partial charge on any atom is -0.348 e. The quantitative estimate of drug-likeness (QED) is 0.827. The molecule has 0 fully saturated rings. The SMILES string of the molecule is Cc1ccccc1C(C)NCCc1cnc[nH]1. The van der Waals surface area contributed by atoms with E-state index in [1.54, 1.807) is 6.33 Å². The van der Waals surface area contributed by atoms with Crippen molar-refractivity contribution in [3.8, 4) is 0 Å². The van der Waals surface area contributed by atoms with Crippen LogP contribution in [0.3, 0.4) is 0 Å². The molecule has 0 saturated carbocycles. The smallest absolute Gasteiger partial charge is 0.0921 e. The Hall–Kier alpha value is -1.61. The Kier molecular flexibility index (Phi) is 3.94. The van der Waals surface area contributed by atoms with Crippen LogP contribution < -0.4 is 5.32 Å². The van der Waals surface area contributed by atoms with Gasteiger partial charge in [0, 0.05) is 30.9 Å². The first-order valence-corrected chi connectivity index (χ1v) is 6.03. The molecule has 0 bridgehead atoms. The zero-order chi connectivity index (χ0) is 12.1. The van der Waals surface area contributed by atoms with Gasteiger partial charge in [-0.2, -0.15) is 0 Å². The number of aromatic nitrogens is 2. The molecule has 0 aliphatic carbocycles. The average molecular weight is 229 g/mol. The molecule has 0 radical (unpaired) electrons. The zero-order valence-corrected chi connectivity index (χ0v) is 10.4. The molecule has 2 aromatic rings. The predicted octanol–water partition coefficient (Wildman–Crippen LogP) is 2.61. The number of aryl methyl sites for hydroxylation is 1. The molecule has 90 valence electrons. The van der Waals surface area contributed by atoms with Crippen molar-refractivity contribution in [1.82, 2.24) is 15.3 Å². The largest absolute Gasteiger partial charge is 0.348 e. The summed E-state index contributed by atoms with van der Waals surface area (Å²) >= 11 is 0. The maximum absolute atomic E-state index is 4.01. The van der Waals surface area contributed by atoms with Gasteiger partial charge < -0.3 is 10.3 Å². The van der Waals surface area contributed by atoms with Gasteiger partial charge in [-0.3, -0.25) is 0 Å². The zero-order valence-electron chi connectivity index (χ0n) is 10.4. The lowest BCUT2D eigenvalue weighted by Crippen LogP contribution is -2.22. The van der Waals surface area contributed by atoms with E-state index < -0.39 is 0 Å². The summed E-state index contributed by atoms with van der Waals surface area (Å²) < 4.78 is 0. The molecule has 2 N–H and O–H groups in total. The summed E-state index contributed by atoms with van der Waals surface area (Å²) in [5.74, 6) is 0. The Morgan fingerprint density at radius 3 is 2.88 bits per heavy atom. The fourth-order valence-corrected chi connectivity index (χ4v) is 2.03. The van der Waals surface area contributed by atoms with E-state index in [1.807, 2.05) is 6.20 Å². The lowest BCUT2D eigenvalue weighted by atomic mass is 10.0. The van der Waals surface area contributed by atoms with E-state index in [-0.39, 0.29) is 0 Å². The van der Waals surface area contributed by atoms with Crippen LogP contribution in [0, 0.1) is 6.92 Å². The molecule has 0 amide bonds. The summed E-state index contributed by atoms with van der Waals surface area (Å²) in [5.41, 5.74) is 3.89. The van der Waals surface area contributed by atoms with Crippen molar-refractivity contribution in [2.45, 2.75) is 26.3 Å². The summed E-state index contributed by atoms with van der Waals surface area (Å²) in [5, 5.41) is 3.53. The molecule has 1 aromatic carbocycles. The Morgan fingerprint density at radius 1 is 1.35 bits per heavy atom. The molecule has 3 heteroatoms. The molecular formula is C14H19N3. The van der Waals surface area contributed by atoms with E-state index in [1.165, 1.54) is 16.8 Å². The van der Waals surface area contributed by atoms with E-state index in [9.17, 15) is 0 Å². The van der Waals surface area contributed by atoms with Crippen molar-refractivity contribution in [3.05, 3.63) is 53.6 Å². The lowest BCUT2D eigenvalue weighted by molar-refractivity contribution is 0.572. The average Bonchev–Trinajstić information content (AvgIpc) is 2.82. The molecule has 0 spiro atoms. The van der Waals surface area contributed by atoms with E-state index >= 15 is 0 Å². The first kappa shape index (κ1) is 11.9. The third kappa shape index (κ3) is 3.17. The maximum atomic E-state index is 4.01. The molecule has 0 aliphatic rings. The van der Waals surface area contributed by atoms with Gasteiger partial charge in [-0.15, -0.1) is 0 Å². The van der Waals surface area contributed by atoms with Crippen molar-refractivity contribution >= 4 is 0 Å². The first-order chi connectivity index (χ1) is 8.27. The van der Waals surface area contributed by atoms with E-state index in [4.69, 9.17) is 0 Å². The number of nitrogens with one attached hydrogen (secondary N) is 2. The van der Waals surface area contributed by atoms with Crippen LogP contribution in [0.4, 0.5) is 0 Å². The first-order valence-electron chi connectivity index (χ1n) is 6.03. The number of aromatic amines is 1. The molecular weight excluding hydrogens is 210 g/mol. The number of hydrogen-bond acceptors (Lipinski definition) is 2. The maximum Gasteiger partial charge on any atom is 0.0921 e. The highest BCUT2D eigenvalue weighted by Gasteiger charge is 2.06.